The maximum Gasteiger partial charge on any atom is 0.321 e. The molecule has 0 bridgehead atoms. The van der Waals surface area contributed by atoms with Crippen LogP contribution in [-0.4, -0.2) is 68.4 Å². The van der Waals surface area contributed by atoms with Gasteiger partial charge in [0.05, 0.1) is 5.75 Å². The predicted octanol–water partition coefficient (Wildman–Crippen LogP) is 3.49. The zero-order valence-electron chi connectivity index (χ0n) is 18.5. The fourth-order valence-electron chi connectivity index (χ4n) is 3.49. The first-order valence-electron chi connectivity index (χ1n) is 10.6. The number of amides is 3. The summed E-state index contributed by atoms with van der Waals surface area (Å²) in [6.07, 6.45) is 1.65. The molecular formula is C23H25FN6O2S. The molecule has 4 rings (SSSR count). The van der Waals surface area contributed by atoms with Crippen LogP contribution in [0.2, 0.25) is 0 Å². The number of piperazine rings is 1. The Hall–Kier alpha value is -3.40. The molecule has 2 aromatic carbocycles. The van der Waals surface area contributed by atoms with E-state index in [-0.39, 0.29) is 23.5 Å². The van der Waals surface area contributed by atoms with Crippen molar-refractivity contribution in [2.24, 2.45) is 0 Å². The molecule has 1 fully saturated rings. The Bertz CT molecular complexity index is 1140. The number of carbonyl (C=O) groups excluding carboxylic acids is 2. The Kier molecular flexibility index (Phi) is 6.93. The van der Waals surface area contributed by atoms with E-state index < -0.39 is 0 Å². The van der Waals surface area contributed by atoms with Crippen LogP contribution in [0.4, 0.5) is 14.9 Å². The van der Waals surface area contributed by atoms with Gasteiger partial charge < -0.3 is 15.1 Å². The van der Waals surface area contributed by atoms with E-state index >= 15 is 0 Å². The second kappa shape index (κ2) is 10.0. The zero-order chi connectivity index (χ0) is 23.4. The quantitative estimate of drug-likeness (QED) is 0.580. The van der Waals surface area contributed by atoms with Crippen LogP contribution < -0.4 is 5.32 Å². The van der Waals surface area contributed by atoms with Gasteiger partial charge in [-0.25, -0.2) is 9.18 Å². The van der Waals surface area contributed by atoms with Gasteiger partial charge in [-0.1, -0.05) is 17.8 Å². The molecule has 3 aromatic rings. The Balaban J connectivity index is 1.28. The Morgan fingerprint density at radius 1 is 1.00 bits per heavy atom. The van der Waals surface area contributed by atoms with Gasteiger partial charge in [0.2, 0.25) is 5.91 Å². The normalized spacial score (nSPS) is 13.8. The summed E-state index contributed by atoms with van der Waals surface area (Å²) in [5.41, 5.74) is 3.87. The third-order valence-electron chi connectivity index (χ3n) is 5.62. The zero-order valence-corrected chi connectivity index (χ0v) is 19.3. The molecule has 0 spiro atoms. The highest BCUT2D eigenvalue weighted by Crippen LogP contribution is 2.22. The average Bonchev–Trinajstić information content (AvgIpc) is 3.29. The monoisotopic (exact) mass is 468 g/mol. The number of anilines is 1. The molecule has 10 heteroatoms. The van der Waals surface area contributed by atoms with Gasteiger partial charge in [0.25, 0.3) is 0 Å². The third-order valence-corrected chi connectivity index (χ3v) is 6.55. The minimum atomic E-state index is -0.356. The molecule has 0 radical (unpaired) electrons. The van der Waals surface area contributed by atoms with Gasteiger partial charge in [-0.2, -0.15) is 0 Å². The Morgan fingerprint density at radius 3 is 2.39 bits per heavy atom. The van der Waals surface area contributed by atoms with E-state index in [1.54, 1.807) is 16.1 Å². The molecule has 0 saturated carbocycles. The van der Waals surface area contributed by atoms with Gasteiger partial charge in [0.1, 0.15) is 12.1 Å². The second-order valence-corrected chi connectivity index (χ2v) is 8.79. The lowest BCUT2D eigenvalue weighted by Gasteiger charge is -2.34. The first-order chi connectivity index (χ1) is 15.9. The minimum absolute atomic E-state index is 0.00627. The van der Waals surface area contributed by atoms with Gasteiger partial charge >= 0.3 is 6.03 Å². The summed E-state index contributed by atoms with van der Waals surface area (Å²) in [4.78, 5) is 28.6. The van der Waals surface area contributed by atoms with E-state index in [1.807, 2.05) is 10.6 Å². The smallest absolute Gasteiger partial charge is 0.321 e. The van der Waals surface area contributed by atoms with E-state index in [2.05, 4.69) is 41.5 Å². The Labute approximate surface area is 195 Å². The van der Waals surface area contributed by atoms with Crippen molar-refractivity contribution in [2.45, 2.75) is 19.0 Å². The van der Waals surface area contributed by atoms with Gasteiger partial charge in [0.15, 0.2) is 5.16 Å². The van der Waals surface area contributed by atoms with Crippen LogP contribution in [-0.2, 0) is 4.79 Å². The fraction of sp³-hybridized carbons (Fsp3) is 0.304. The molecule has 1 saturated heterocycles. The number of rotatable bonds is 5. The molecule has 0 atom stereocenters. The summed E-state index contributed by atoms with van der Waals surface area (Å²) in [6.45, 7) is 5.90. The van der Waals surface area contributed by atoms with E-state index in [0.717, 1.165) is 5.69 Å². The highest BCUT2D eigenvalue weighted by Gasteiger charge is 2.24. The van der Waals surface area contributed by atoms with E-state index in [1.165, 1.54) is 47.2 Å². The standard InChI is InChI=1S/C23H25FN6O2S/c1-16-3-8-20(13-17(16)2)30-15-25-27-23(30)33-14-21(31)28-9-11-29(12-10-28)22(32)26-19-6-4-18(24)5-7-19/h3-8,13,15H,9-12,14H2,1-2H3,(H,26,32). The lowest BCUT2D eigenvalue weighted by molar-refractivity contribution is -0.129. The van der Waals surface area contributed by atoms with Crippen LogP contribution in [0, 0.1) is 19.7 Å². The van der Waals surface area contributed by atoms with Crippen molar-refractivity contribution in [3.8, 4) is 5.69 Å². The summed E-state index contributed by atoms with van der Waals surface area (Å²) in [6, 6.07) is 11.5. The SMILES string of the molecule is Cc1ccc(-n2cnnc2SCC(=O)N2CCN(C(=O)Nc3ccc(F)cc3)CC2)cc1C. The summed E-state index contributed by atoms with van der Waals surface area (Å²) >= 11 is 1.35. The molecule has 1 N–H and O–H groups in total. The van der Waals surface area contributed by atoms with Crippen molar-refractivity contribution in [1.82, 2.24) is 24.6 Å². The van der Waals surface area contributed by atoms with Crippen molar-refractivity contribution in [3.63, 3.8) is 0 Å². The number of nitrogens with one attached hydrogen (secondary N) is 1. The largest absolute Gasteiger partial charge is 0.338 e. The lowest BCUT2D eigenvalue weighted by Crippen LogP contribution is -2.52. The average molecular weight is 469 g/mol. The topological polar surface area (TPSA) is 83.4 Å². The number of aryl methyl sites for hydroxylation is 2. The number of nitrogens with zero attached hydrogens (tertiary/aromatic N) is 5. The molecule has 8 nitrogen and oxygen atoms in total. The van der Waals surface area contributed by atoms with Crippen LogP contribution in [0.1, 0.15) is 11.1 Å². The molecule has 1 aliphatic rings. The van der Waals surface area contributed by atoms with Gasteiger partial charge in [-0.15, -0.1) is 10.2 Å². The minimum Gasteiger partial charge on any atom is -0.338 e. The maximum atomic E-state index is 13.0. The van der Waals surface area contributed by atoms with Crippen LogP contribution in [0.3, 0.4) is 0 Å². The van der Waals surface area contributed by atoms with Crippen LogP contribution in [0.15, 0.2) is 53.9 Å². The number of benzene rings is 2. The van der Waals surface area contributed by atoms with Crippen molar-refractivity contribution in [3.05, 3.63) is 65.7 Å². The molecule has 1 aromatic heterocycles. The molecule has 33 heavy (non-hydrogen) atoms. The summed E-state index contributed by atoms with van der Waals surface area (Å²) < 4.78 is 14.9. The number of hydrogen-bond acceptors (Lipinski definition) is 5. The number of hydrogen-bond donors (Lipinski definition) is 1. The fourth-order valence-corrected chi connectivity index (χ4v) is 4.32. The number of thioether (sulfide) groups is 1. The molecule has 172 valence electrons. The summed E-state index contributed by atoms with van der Waals surface area (Å²) in [5.74, 6) is -0.121. The molecule has 0 aliphatic carbocycles. The predicted molar refractivity (Wildman–Crippen MR) is 125 cm³/mol. The third kappa shape index (κ3) is 5.51. The van der Waals surface area contributed by atoms with Crippen molar-refractivity contribution >= 4 is 29.4 Å². The maximum absolute atomic E-state index is 13.0. The van der Waals surface area contributed by atoms with Crippen molar-refractivity contribution in [2.75, 3.05) is 37.2 Å². The molecule has 2 heterocycles. The Morgan fingerprint density at radius 2 is 1.70 bits per heavy atom. The molecule has 3 amide bonds. The number of aromatic nitrogens is 3. The molecular weight excluding hydrogens is 443 g/mol. The highest BCUT2D eigenvalue weighted by atomic mass is 32.2. The summed E-state index contributed by atoms with van der Waals surface area (Å²) in [5, 5.41) is 11.6. The van der Waals surface area contributed by atoms with E-state index in [9.17, 15) is 14.0 Å². The first-order valence-corrected chi connectivity index (χ1v) is 11.6. The highest BCUT2D eigenvalue weighted by molar-refractivity contribution is 7.99. The number of halogens is 1. The summed E-state index contributed by atoms with van der Waals surface area (Å²) in [7, 11) is 0. The first kappa shape index (κ1) is 22.8. The second-order valence-electron chi connectivity index (χ2n) is 7.85. The van der Waals surface area contributed by atoms with Crippen LogP contribution >= 0.6 is 11.8 Å². The van der Waals surface area contributed by atoms with Crippen LogP contribution in [0.5, 0.6) is 0 Å². The van der Waals surface area contributed by atoms with E-state index in [0.29, 0.717) is 37.0 Å². The number of urea groups is 1. The number of carbonyl (C=O) groups is 2. The van der Waals surface area contributed by atoms with Gasteiger partial charge in [0, 0.05) is 37.6 Å². The van der Waals surface area contributed by atoms with Gasteiger partial charge in [-0.05, 0) is 61.4 Å². The lowest BCUT2D eigenvalue weighted by atomic mass is 10.1. The van der Waals surface area contributed by atoms with Gasteiger partial charge in [-0.3, -0.25) is 9.36 Å². The van der Waals surface area contributed by atoms with Crippen molar-refractivity contribution in [1.29, 1.82) is 0 Å². The van der Waals surface area contributed by atoms with Crippen LogP contribution in [0.25, 0.3) is 5.69 Å². The van der Waals surface area contributed by atoms with E-state index in [4.69, 9.17) is 0 Å². The molecule has 1 aliphatic heterocycles. The van der Waals surface area contributed by atoms with Crippen molar-refractivity contribution < 1.29 is 14.0 Å². The molecule has 0 unspecified atom stereocenters.